The Bertz CT molecular complexity index is 2770. The third-order valence-electron chi connectivity index (χ3n) is 9.68. The minimum absolute atomic E-state index is 0.0578. The maximum absolute atomic E-state index is 13.7. The molecule has 51 heavy (non-hydrogen) atoms. The van der Waals surface area contributed by atoms with E-state index in [0.717, 1.165) is 65.2 Å². The van der Waals surface area contributed by atoms with Gasteiger partial charge in [-0.15, -0.1) is 0 Å². The Labute approximate surface area is 304 Å². The smallest absolute Gasteiger partial charge is 0.259 e. The summed E-state index contributed by atoms with van der Waals surface area (Å²) < 4.78 is 2.83. The molecule has 0 fully saturated rings. The van der Waals surface area contributed by atoms with Crippen LogP contribution >= 0.6 is 15.9 Å². The second kappa shape index (κ2) is 14.2. The van der Waals surface area contributed by atoms with Crippen LogP contribution in [0.1, 0.15) is 27.9 Å². The van der Waals surface area contributed by atoms with Crippen LogP contribution in [0.15, 0.2) is 179 Å². The van der Waals surface area contributed by atoms with Crippen molar-refractivity contribution >= 4 is 75.7 Å². The topological polar surface area (TPSA) is 39.1 Å². The van der Waals surface area contributed by atoms with Crippen molar-refractivity contribution in [3.05, 3.63) is 201 Å². The highest BCUT2D eigenvalue weighted by molar-refractivity contribution is 9.10. The monoisotopic (exact) mass is 723 g/mol. The summed E-state index contributed by atoms with van der Waals surface area (Å²) in [5, 5.41) is 9.84. The maximum Gasteiger partial charge on any atom is 0.259 e. The number of carbonyl (C=O) groups excluding carboxylic acids is 1. The van der Waals surface area contributed by atoms with Gasteiger partial charge in [0.1, 0.15) is 0 Å². The van der Waals surface area contributed by atoms with Crippen molar-refractivity contribution < 1.29 is 4.79 Å². The zero-order chi connectivity index (χ0) is 34.7. The molecule has 0 saturated heterocycles. The molecule has 0 radical (unpaired) electrons. The third-order valence-corrected chi connectivity index (χ3v) is 10.5. The van der Waals surface area contributed by atoms with Gasteiger partial charge in [0.25, 0.3) is 5.56 Å². The lowest BCUT2D eigenvalue weighted by atomic mass is 9.95. The highest BCUT2D eigenvalue weighted by atomic mass is 79.9. The van der Waals surface area contributed by atoms with E-state index in [1.807, 2.05) is 89.5 Å². The zero-order valence-corrected chi connectivity index (χ0v) is 29.5. The quantitative estimate of drug-likeness (QED) is 0.127. The number of pyridine rings is 1. The largest absolute Gasteiger partial charge is 0.303 e. The summed E-state index contributed by atoms with van der Waals surface area (Å²) in [6.45, 7) is 0.553. The fourth-order valence-electron chi connectivity index (χ4n) is 7.13. The predicted octanol–water partition coefficient (Wildman–Crippen LogP) is 11.9. The molecule has 0 saturated carbocycles. The van der Waals surface area contributed by atoms with Gasteiger partial charge in [-0.05, 0) is 84.0 Å². The number of benzene rings is 8. The molecule has 0 spiro atoms. The van der Waals surface area contributed by atoms with E-state index in [1.54, 1.807) is 0 Å². The Balaban J connectivity index is 0.000000157. The number of aryl methyl sites for hydroxylation is 1. The Kier molecular flexibility index (Phi) is 9.00. The van der Waals surface area contributed by atoms with Gasteiger partial charge in [0.05, 0.1) is 12.1 Å². The average molecular weight is 725 g/mol. The number of ketones is 1. The molecule has 0 amide bonds. The number of nitrogens with zero attached hydrogens (tertiary/aromatic N) is 1. The number of halogens is 1. The fraction of sp³-hybridized carbons (Fsp3) is 0.0638. The van der Waals surface area contributed by atoms with Gasteiger partial charge >= 0.3 is 0 Å². The molecule has 1 aromatic heterocycles. The molecule has 9 aromatic rings. The first-order valence-electron chi connectivity index (χ1n) is 17.2. The van der Waals surface area contributed by atoms with E-state index in [9.17, 15) is 9.59 Å². The lowest BCUT2D eigenvalue weighted by Gasteiger charge is -2.16. The van der Waals surface area contributed by atoms with Crippen molar-refractivity contribution in [1.29, 1.82) is 0 Å². The van der Waals surface area contributed by atoms with Crippen molar-refractivity contribution in [2.45, 2.75) is 19.4 Å². The SMILES string of the molecule is O=C(CCc1ccccc1)c1ccc2ccccc2c1Br.O=c1c2ccc3ccccc3c2c2c3ccccc3ccc2n1Cc1ccccc1. The van der Waals surface area contributed by atoms with E-state index in [1.165, 1.54) is 16.3 Å². The molecule has 0 aliphatic rings. The summed E-state index contributed by atoms with van der Waals surface area (Å²) in [6.07, 6.45) is 1.31. The number of Topliss-reactive ketones (excluding diaryl/α,β-unsaturated/α-hetero) is 1. The van der Waals surface area contributed by atoms with Crippen LogP contribution in [0.2, 0.25) is 0 Å². The molecule has 246 valence electrons. The highest BCUT2D eigenvalue weighted by Gasteiger charge is 2.16. The number of fused-ring (bicyclic) bond motifs is 8. The Morgan fingerprint density at radius 1 is 0.490 bits per heavy atom. The molecule has 8 aromatic carbocycles. The number of aromatic nitrogens is 1. The summed E-state index contributed by atoms with van der Waals surface area (Å²) in [5.74, 6) is 0.177. The summed E-state index contributed by atoms with van der Waals surface area (Å²) in [7, 11) is 0. The summed E-state index contributed by atoms with van der Waals surface area (Å²) in [4.78, 5) is 26.1. The van der Waals surface area contributed by atoms with E-state index in [-0.39, 0.29) is 11.3 Å². The zero-order valence-electron chi connectivity index (χ0n) is 27.9. The normalized spacial score (nSPS) is 11.2. The Morgan fingerprint density at radius 2 is 1.00 bits per heavy atom. The molecule has 9 rings (SSSR count). The molecule has 3 nitrogen and oxygen atoms in total. The summed E-state index contributed by atoms with van der Waals surface area (Å²) in [5.41, 5.74) is 4.12. The molecule has 0 unspecified atom stereocenters. The van der Waals surface area contributed by atoms with Crippen LogP contribution in [0.4, 0.5) is 0 Å². The maximum atomic E-state index is 13.7. The number of hydrogen-bond acceptors (Lipinski definition) is 2. The van der Waals surface area contributed by atoms with Gasteiger partial charge in [-0.2, -0.15) is 0 Å². The van der Waals surface area contributed by atoms with Crippen LogP contribution in [0, 0.1) is 0 Å². The van der Waals surface area contributed by atoms with Crippen molar-refractivity contribution in [3.63, 3.8) is 0 Å². The minimum Gasteiger partial charge on any atom is -0.303 e. The van der Waals surface area contributed by atoms with Crippen LogP contribution in [-0.4, -0.2) is 10.4 Å². The Morgan fingerprint density at radius 3 is 1.67 bits per heavy atom. The predicted molar refractivity (Wildman–Crippen MR) is 217 cm³/mol. The van der Waals surface area contributed by atoms with Gasteiger partial charge < -0.3 is 4.57 Å². The molecule has 0 aliphatic carbocycles. The van der Waals surface area contributed by atoms with Gasteiger partial charge in [-0.1, -0.05) is 152 Å². The standard InChI is InChI=1S/C28H19NO.C19H15BrO/c30-28-24-16-14-20-10-4-6-12-22(20)26(24)27-23-13-7-5-11-21(23)15-17-25(27)29(28)18-19-8-2-1-3-9-19;20-19-16-9-5-4-8-15(16)11-12-17(19)18(21)13-10-14-6-2-1-3-7-14/h1-17H,18H2;1-9,11-12H,10,13H2. The number of carbonyl (C=O) groups is 1. The van der Waals surface area contributed by atoms with E-state index < -0.39 is 0 Å². The lowest BCUT2D eigenvalue weighted by molar-refractivity contribution is 0.0982. The van der Waals surface area contributed by atoms with Crippen molar-refractivity contribution in [3.8, 4) is 0 Å². The van der Waals surface area contributed by atoms with Gasteiger partial charge in [-0.25, -0.2) is 0 Å². The molecule has 0 aliphatic heterocycles. The molecule has 4 heteroatoms. The van der Waals surface area contributed by atoms with Crippen LogP contribution in [0.3, 0.4) is 0 Å². The second-order valence-corrected chi connectivity index (χ2v) is 13.6. The molecule has 0 N–H and O–H groups in total. The van der Waals surface area contributed by atoms with Crippen molar-refractivity contribution in [1.82, 2.24) is 4.57 Å². The number of hydrogen-bond donors (Lipinski definition) is 0. The second-order valence-electron chi connectivity index (χ2n) is 12.8. The van der Waals surface area contributed by atoms with Crippen LogP contribution in [-0.2, 0) is 13.0 Å². The van der Waals surface area contributed by atoms with Crippen LogP contribution in [0.25, 0.3) is 54.0 Å². The molecular weight excluding hydrogens is 690 g/mol. The lowest BCUT2D eigenvalue weighted by Crippen LogP contribution is -2.21. The van der Waals surface area contributed by atoms with E-state index in [0.29, 0.717) is 13.0 Å². The molecule has 1 heterocycles. The first-order chi connectivity index (χ1) is 25.1. The van der Waals surface area contributed by atoms with E-state index in [2.05, 4.69) is 101 Å². The average Bonchev–Trinajstić information content (AvgIpc) is 3.19. The summed E-state index contributed by atoms with van der Waals surface area (Å²) >= 11 is 3.59. The third kappa shape index (κ3) is 6.35. The van der Waals surface area contributed by atoms with Crippen molar-refractivity contribution in [2.24, 2.45) is 0 Å². The number of rotatable bonds is 6. The minimum atomic E-state index is 0.0578. The van der Waals surface area contributed by atoms with Crippen LogP contribution in [0.5, 0.6) is 0 Å². The van der Waals surface area contributed by atoms with Crippen LogP contribution < -0.4 is 5.56 Å². The molecular formula is C47H34BrNO2. The fourth-order valence-corrected chi connectivity index (χ4v) is 7.85. The van der Waals surface area contributed by atoms with Crippen molar-refractivity contribution in [2.75, 3.05) is 0 Å². The highest BCUT2D eigenvalue weighted by Crippen LogP contribution is 2.35. The first kappa shape index (κ1) is 32.4. The van der Waals surface area contributed by atoms with E-state index in [4.69, 9.17) is 0 Å². The van der Waals surface area contributed by atoms with Gasteiger partial charge in [0.15, 0.2) is 5.78 Å². The Hall–Kier alpha value is -5.84. The van der Waals surface area contributed by atoms with E-state index >= 15 is 0 Å². The molecule has 0 atom stereocenters. The first-order valence-corrected chi connectivity index (χ1v) is 18.0. The van der Waals surface area contributed by atoms with Gasteiger partial charge in [0, 0.05) is 32.6 Å². The molecule has 0 bridgehead atoms. The summed E-state index contributed by atoms with van der Waals surface area (Å²) in [6, 6.07) is 57.4. The van der Waals surface area contributed by atoms with Gasteiger partial charge in [0.2, 0.25) is 0 Å². The van der Waals surface area contributed by atoms with Gasteiger partial charge in [-0.3, -0.25) is 9.59 Å².